The van der Waals surface area contributed by atoms with E-state index in [1.807, 2.05) is 30.3 Å². The number of rotatable bonds is 6. The minimum atomic E-state index is -4.42. The van der Waals surface area contributed by atoms with Crippen LogP contribution in [0.1, 0.15) is 11.1 Å². The van der Waals surface area contributed by atoms with Gasteiger partial charge in [0.15, 0.2) is 0 Å². The molecule has 2 nitrogen and oxygen atoms in total. The molecule has 5 heteroatoms. The molecule has 2 rings (SSSR count). The quantitative estimate of drug-likeness (QED) is 0.740. The van der Waals surface area contributed by atoms with Crippen LogP contribution in [-0.2, 0) is 17.5 Å². The van der Waals surface area contributed by atoms with Crippen LogP contribution >= 0.6 is 0 Å². The van der Waals surface area contributed by atoms with Gasteiger partial charge in [-0.3, -0.25) is 0 Å². The van der Waals surface area contributed by atoms with E-state index in [0.29, 0.717) is 6.61 Å². The van der Waals surface area contributed by atoms with Crippen molar-refractivity contribution in [3.05, 3.63) is 65.7 Å². The maximum Gasteiger partial charge on any atom is 0.419 e. The van der Waals surface area contributed by atoms with E-state index in [1.165, 1.54) is 18.2 Å². The highest BCUT2D eigenvalue weighted by atomic mass is 19.4. The summed E-state index contributed by atoms with van der Waals surface area (Å²) >= 11 is 0. The van der Waals surface area contributed by atoms with E-state index >= 15 is 0 Å². The molecule has 2 aromatic rings. The predicted molar refractivity (Wildman–Crippen MR) is 73.0 cm³/mol. The van der Waals surface area contributed by atoms with Gasteiger partial charge in [-0.05, 0) is 17.7 Å². The maximum atomic E-state index is 12.7. The zero-order valence-electron chi connectivity index (χ0n) is 11.3. The van der Waals surface area contributed by atoms with E-state index in [2.05, 4.69) is 0 Å². The van der Waals surface area contributed by atoms with Gasteiger partial charge < -0.3 is 9.47 Å². The summed E-state index contributed by atoms with van der Waals surface area (Å²) in [6.45, 7) is 0.701. The lowest BCUT2D eigenvalue weighted by Crippen LogP contribution is -2.12. The van der Waals surface area contributed by atoms with Gasteiger partial charge in [-0.2, -0.15) is 13.2 Å². The molecule has 0 aromatic heterocycles. The van der Waals surface area contributed by atoms with Gasteiger partial charge in [0.2, 0.25) is 0 Å². The fourth-order valence-corrected chi connectivity index (χ4v) is 1.80. The smallest absolute Gasteiger partial charge is 0.419 e. The van der Waals surface area contributed by atoms with Crippen LogP contribution in [0.15, 0.2) is 54.6 Å². The van der Waals surface area contributed by atoms with Gasteiger partial charge >= 0.3 is 6.18 Å². The summed E-state index contributed by atoms with van der Waals surface area (Å²) in [4.78, 5) is 0. The molecule has 0 fully saturated rings. The van der Waals surface area contributed by atoms with E-state index in [4.69, 9.17) is 9.47 Å². The van der Waals surface area contributed by atoms with Crippen LogP contribution in [0.4, 0.5) is 13.2 Å². The Labute approximate surface area is 121 Å². The molecule has 0 spiro atoms. The normalized spacial score (nSPS) is 11.4. The molecule has 0 bridgehead atoms. The SMILES string of the molecule is FC(F)(F)c1ccccc1OCCOCc1ccccc1. The Kier molecular flexibility index (Phi) is 5.22. The summed E-state index contributed by atoms with van der Waals surface area (Å²) in [7, 11) is 0. The predicted octanol–water partition coefficient (Wildman–Crippen LogP) is 4.30. The Morgan fingerprint density at radius 3 is 2.19 bits per heavy atom. The van der Waals surface area contributed by atoms with Crippen molar-refractivity contribution in [3.63, 3.8) is 0 Å². The van der Waals surface area contributed by atoms with E-state index in [-0.39, 0.29) is 19.0 Å². The van der Waals surface area contributed by atoms with Gasteiger partial charge in [-0.25, -0.2) is 0 Å². The van der Waals surface area contributed by atoms with Gasteiger partial charge in [0.25, 0.3) is 0 Å². The van der Waals surface area contributed by atoms with Crippen molar-refractivity contribution in [3.8, 4) is 5.75 Å². The Morgan fingerprint density at radius 1 is 0.810 bits per heavy atom. The third-order valence-electron chi connectivity index (χ3n) is 2.79. The zero-order valence-corrected chi connectivity index (χ0v) is 11.3. The fraction of sp³-hybridized carbons (Fsp3) is 0.250. The van der Waals surface area contributed by atoms with Crippen LogP contribution < -0.4 is 4.74 Å². The third kappa shape index (κ3) is 4.79. The van der Waals surface area contributed by atoms with Crippen molar-refractivity contribution in [1.82, 2.24) is 0 Å². The second-order valence-electron chi connectivity index (χ2n) is 4.38. The van der Waals surface area contributed by atoms with Gasteiger partial charge in [0.05, 0.1) is 18.8 Å². The van der Waals surface area contributed by atoms with Crippen molar-refractivity contribution in [1.29, 1.82) is 0 Å². The average Bonchev–Trinajstić information content (AvgIpc) is 2.47. The van der Waals surface area contributed by atoms with Crippen molar-refractivity contribution < 1.29 is 22.6 Å². The Bertz CT molecular complexity index is 553. The molecule has 0 atom stereocenters. The highest BCUT2D eigenvalue weighted by molar-refractivity contribution is 5.35. The summed E-state index contributed by atoms with van der Waals surface area (Å²) in [5, 5.41) is 0. The maximum absolute atomic E-state index is 12.7. The molecule has 0 unspecified atom stereocenters. The molecular weight excluding hydrogens is 281 g/mol. The second kappa shape index (κ2) is 7.13. The molecule has 112 valence electrons. The van der Waals surface area contributed by atoms with Gasteiger partial charge in [-0.1, -0.05) is 42.5 Å². The molecule has 0 amide bonds. The summed E-state index contributed by atoms with van der Waals surface area (Å²) < 4.78 is 48.7. The van der Waals surface area contributed by atoms with E-state index in [9.17, 15) is 13.2 Å². The van der Waals surface area contributed by atoms with Gasteiger partial charge in [0, 0.05) is 0 Å². The number of benzene rings is 2. The molecule has 0 aliphatic heterocycles. The Morgan fingerprint density at radius 2 is 1.48 bits per heavy atom. The lowest BCUT2D eigenvalue weighted by Gasteiger charge is -2.13. The van der Waals surface area contributed by atoms with E-state index < -0.39 is 11.7 Å². The summed E-state index contributed by atoms with van der Waals surface area (Å²) in [5.41, 5.74) is 0.237. The molecule has 2 aromatic carbocycles. The zero-order chi connectivity index (χ0) is 15.1. The highest BCUT2D eigenvalue weighted by Crippen LogP contribution is 2.35. The van der Waals surface area contributed by atoms with Crippen LogP contribution in [0.5, 0.6) is 5.75 Å². The molecule has 0 aliphatic carbocycles. The lowest BCUT2D eigenvalue weighted by atomic mass is 10.2. The van der Waals surface area contributed by atoms with Crippen LogP contribution in [-0.4, -0.2) is 13.2 Å². The van der Waals surface area contributed by atoms with Crippen LogP contribution in [0.25, 0.3) is 0 Å². The number of para-hydroxylation sites is 1. The fourth-order valence-electron chi connectivity index (χ4n) is 1.80. The lowest BCUT2D eigenvalue weighted by molar-refractivity contribution is -0.139. The number of ether oxygens (including phenoxy) is 2. The molecule has 0 saturated heterocycles. The molecule has 0 radical (unpaired) electrons. The highest BCUT2D eigenvalue weighted by Gasteiger charge is 2.33. The average molecular weight is 296 g/mol. The summed E-state index contributed by atoms with van der Waals surface area (Å²) in [5.74, 6) is -0.173. The number of halogens is 3. The minimum absolute atomic E-state index is 0.0694. The molecule has 0 N–H and O–H groups in total. The molecule has 21 heavy (non-hydrogen) atoms. The van der Waals surface area contributed by atoms with Crippen LogP contribution in [0.3, 0.4) is 0 Å². The first kappa shape index (κ1) is 15.4. The molecular formula is C16H15F3O2. The number of alkyl halides is 3. The molecule has 0 saturated carbocycles. The van der Waals surface area contributed by atoms with Crippen molar-refractivity contribution in [2.75, 3.05) is 13.2 Å². The monoisotopic (exact) mass is 296 g/mol. The van der Waals surface area contributed by atoms with Crippen molar-refractivity contribution in [2.45, 2.75) is 12.8 Å². The summed E-state index contributed by atoms with van der Waals surface area (Å²) in [6, 6.07) is 14.7. The molecule has 0 heterocycles. The Balaban J connectivity index is 1.79. The van der Waals surface area contributed by atoms with Gasteiger partial charge in [0.1, 0.15) is 12.4 Å². The number of hydrogen-bond donors (Lipinski definition) is 0. The van der Waals surface area contributed by atoms with Crippen LogP contribution in [0, 0.1) is 0 Å². The van der Waals surface area contributed by atoms with Gasteiger partial charge in [-0.15, -0.1) is 0 Å². The van der Waals surface area contributed by atoms with E-state index in [1.54, 1.807) is 0 Å². The second-order valence-corrected chi connectivity index (χ2v) is 4.38. The number of hydrogen-bond acceptors (Lipinski definition) is 2. The standard InChI is InChI=1S/C16H15F3O2/c17-16(18,19)14-8-4-5-9-15(14)21-11-10-20-12-13-6-2-1-3-7-13/h1-9H,10-12H2. The van der Waals surface area contributed by atoms with Crippen LogP contribution in [0.2, 0.25) is 0 Å². The Hall–Kier alpha value is -2.01. The first-order chi connectivity index (χ1) is 10.1. The van der Waals surface area contributed by atoms with E-state index in [0.717, 1.165) is 11.6 Å². The largest absolute Gasteiger partial charge is 0.491 e. The van der Waals surface area contributed by atoms with Crippen molar-refractivity contribution >= 4 is 0 Å². The first-order valence-corrected chi connectivity index (χ1v) is 6.48. The first-order valence-electron chi connectivity index (χ1n) is 6.48. The minimum Gasteiger partial charge on any atom is -0.491 e. The van der Waals surface area contributed by atoms with Crippen molar-refractivity contribution in [2.24, 2.45) is 0 Å². The third-order valence-corrected chi connectivity index (χ3v) is 2.79. The topological polar surface area (TPSA) is 18.5 Å². The summed E-state index contributed by atoms with van der Waals surface area (Å²) in [6.07, 6.45) is -4.42. The molecule has 0 aliphatic rings.